The zero-order valence-corrected chi connectivity index (χ0v) is 9.04. The van der Waals surface area contributed by atoms with Crippen LogP contribution in [0.1, 0.15) is 34.1 Å². The third kappa shape index (κ3) is 1.03. The van der Waals surface area contributed by atoms with Crippen molar-refractivity contribution in [3.63, 3.8) is 0 Å². The Hall–Kier alpha value is -0.300. The Labute approximate surface area is 80.8 Å². The molecule has 1 unspecified atom stereocenters. The summed E-state index contributed by atoms with van der Waals surface area (Å²) in [5.41, 5.74) is 0.623. The molecule has 2 aliphatic rings. The Morgan fingerprint density at radius 3 is 2.38 bits per heavy atom. The van der Waals surface area contributed by atoms with E-state index in [0.717, 1.165) is 5.92 Å². The van der Waals surface area contributed by atoms with Crippen LogP contribution in [0, 0.1) is 22.7 Å². The highest BCUT2D eigenvalue weighted by Gasteiger charge is 2.59. The summed E-state index contributed by atoms with van der Waals surface area (Å²) in [5, 5.41) is 9.62. The second-order valence-corrected chi connectivity index (χ2v) is 5.66. The van der Waals surface area contributed by atoms with Gasteiger partial charge in [-0.05, 0) is 36.0 Å². The van der Waals surface area contributed by atoms with Gasteiger partial charge in [-0.2, -0.15) is 0 Å². The molecule has 1 saturated carbocycles. The number of hydrogen-bond acceptors (Lipinski definition) is 1. The summed E-state index contributed by atoms with van der Waals surface area (Å²) in [4.78, 5) is 0. The molecule has 0 aromatic rings. The minimum absolute atomic E-state index is 0.153. The van der Waals surface area contributed by atoms with E-state index >= 15 is 0 Å². The molecular weight excluding hydrogens is 160 g/mol. The number of aliphatic hydroxyl groups excluding tert-OH is 1. The average molecular weight is 180 g/mol. The monoisotopic (exact) mass is 180 g/mol. The van der Waals surface area contributed by atoms with Crippen LogP contribution >= 0.6 is 0 Å². The average Bonchev–Trinajstić information content (AvgIpc) is 2.10. The maximum Gasteiger partial charge on any atom is 0.0548 e. The standard InChI is InChI=1S/C12H20O/c1-8(13)9-7-10-11(2,3)5-6-12(9,10)4/h5-6,8-10,13H,7H2,1-4H3/t8?,9-,10+,12+/m0/s1. The van der Waals surface area contributed by atoms with E-state index in [9.17, 15) is 5.11 Å². The second-order valence-electron chi connectivity index (χ2n) is 5.66. The first-order chi connectivity index (χ1) is 5.88. The van der Waals surface area contributed by atoms with Crippen LogP contribution in [0.4, 0.5) is 0 Å². The van der Waals surface area contributed by atoms with Crippen molar-refractivity contribution in [2.75, 3.05) is 0 Å². The van der Waals surface area contributed by atoms with E-state index < -0.39 is 0 Å². The molecule has 1 fully saturated rings. The molecule has 4 atom stereocenters. The fraction of sp³-hybridized carbons (Fsp3) is 0.833. The van der Waals surface area contributed by atoms with Crippen molar-refractivity contribution < 1.29 is 5.11 Å². The number of allylic oxidation sites excluding steroid dienone is 2. The van der Waals surface area contributed by atoms with Gasteiger partial charge in [0.05, 0.1) is 6.10 Å². The molecule has 1 N–H and O–H groups in total. The second kappa shape index (κ2) is 2.38. The molecular formula is C12H20O. The zero-order chi connectivity index (χ0) is 9.85. The first kappa shape index (κ1) is 9.26. The van der Waals surface area contributed by atoms with E-state index in [-0.39, 0.29) is 11.5 Å². The molecule has 2 aliphatic carbocycles. The minimum Gasteiger partial charge on any atom is -0.393 e. The van der Waals surface area contributed by atoms with Gasteiger partial charge in [-0.15, -0.1) is 0 Å². The SMILES string of the molecule is CC(O)[C@@H]1C[C@@H]2C(C)(C)C=C[C@@]21C. The van der Waals surface area contributed by atoms with E-state index in [1.807, 2.05) is 6.92 Å². The highest BCUT2D eigenvalue weighted by Crippen LogP contribution is 2.64. The number of aliphatic hydroxyl groups is 1. The van der Waals surface area contributed by atoms with Gasteiger partial charge in [-0.1, -0.05) is 32.9 Å². The predicted molar refractivity (Wildman–Crippen MR) is 54.3 cm³/mol. The van der Waals surface area contributed by atoms with Gasteiger partial charge in [-0.3, -0.25) is 0 Å². The normalized spacial score (nSPS) is 48.4. The summed E-state index contributed by atoms with van der Waals surface area (Å²) in [7, 11) is 0. The fourth-order valence-electron chi connectivity index (χ4n) is 3.43. The van der Waals surface area contributed by atoms with Crippen LogP contribution in [0.25, 0.3) is 0 Å². The van der Waals surface area contributed by atoms with E-state index in [2.05, 4.69) is 32.9 Å². The van der Waals surface area contributed by atoms with Gasteiger partial charge >= 0.3 is 0 Å². The van der Waals surface area contributed by atoms with Crippen LogP contribution in [0.15, 0.2) is 12.2 Å². The lowest BCUT2D eigenvalue weighted by atomic mass is 9.49. The Kier molecular flexibility index (Phi) is 1.70. The lowest BCUT2D eigenvalue weighted by Crippen LogP contribution is -2.52. The molecule has 1 heteroatoms. The molecule has 74 valence electrons. The van der Waals surface area contributed by atoms with Gasteiger partial charge < -0.3 is 5.11 Å². The van der Waals surface area contributed by atoms with Crippen molar-refractivity contribution in [1.29, 1.82) is 0 Å². The number of fused-ring (bicyclic) bond motifs is 1. The van der Waals surface area contributed by atoms with Crippen LogP contribution < -0.4 is 0 Å². The first-order valence-corrected chi connectivity index (χ1v) is 5.26. The van der Waals surface area contributed by atoms with E-state index in [4.69, 9.17) is 0 Å². The smallest absolute Gasteiger partial charge is 0.0548 e. The Morgan fingerprint density at radius 2 is 1.92 bits per heavy atom. The maximum absolute atomic E-state index is 9.62. The molecule has 0 radical (unpaired) electrons. The highest BCUT2D eigenvalue weighted by atomic mass is 16.3. The topological polar surface area (TPSA) is 20.2 Å². The molecule has 0 heterocycles. The first-order valence-electron chi connectivity index (χ1n) is 5.26. The Morgan fingerprint density at radius 1 is 1.31 bits per heavy atom. The van der Waals surface area contributed by atoms with Crippen molar-refractivity contribution >= 4 is 0 Å². The number of rotatable bonds is 1. The summed E-state index contributed by atoms with van der Waals surface area (Å²) in [6.07, 6.45) is 5.70. The highest BCUT2D eigenvalue weighted by molar-refractivity contribution is 5.25. The van der Waals surface area contributed by atoms with Crippen LogP contribution in [0.2, 0.25) is 0 Å². The molecule has 0 aromatic carbocycles. The molecule has 0 aliphatic heterocycles. The van der Waals surface area contributed by atoms with Crippen molar-refractivity contribution in [2.45, 2.75) is 40.2 Å². The summed E-state index contributed by atoms with van der Waals surface area (Å²) in [5.74, 6) is 1.23. The Balaban J connectivity index is 2.22. The molecule has 1 nitrogen and oxygen atoms in total. The molecule has 2 rings (SSSR count). The fourth-order valence-corrected chi connectivity index (χ4v) is 3.43. The third-order valence-electron chi connectivity index (χ3n) is 4.39. The van der Waals surface area contributed by atoms with Gasteiger partial charge in [0.1, 0.15) is 0 Å². The van der Waals surface area contributed by atoms with Gasteiger partial charge in [0.15, 0.2) is 0 Å². The molecule has 0 bridgehead atoms. The zero-order valence-electron chi connectivity index (χ0n) is 9.04. The molecule has 13 heavy (non-hydrogen) atoms. The van der Waals surface area contributed by atoms with Crippen molar-refractivity contribution in [3.05, 3.63) is 12.2 Å². The van der Waals surface area contributed by atoms with Crippen LogP contribution in [0.3, 0.4) is 0 Å². The lowest BCUT2D eigenvalue weighted by molar-refractivity contribution is -0.0904. The van der Waals surface area contributed by atoms with E-state index in [1.54, 1.807) is 0 Å². The van der Waals surface area contributed by atoms with Crippen LogP contribution in [-0.4, -0.2) is 11.2 Å². The summed E-state index contributed by atoms with van der Waals surface area (Å²) < 4.78 is 0. The lowest BCUT2D eigenvalue weighted by Gasteiger charge is -2.55. The molecule has 0 spiro atoms. The molecule has 0 saturated heterocycles. The van der Waals surface area contributed by atoms with Crippen molar-refractivity contribution in [1.82, 2.24) is 0 Å². The summed E-state index contributed by atoms with van der Waals surface area (Å²) in [6.45, 7) is 8.82. The quantitative estimate of drug-likeness (QED) is 0.615. The minimum atomic E-state index is -0.153. The van der Waals surface area contributed by atoms with Crippen molar-refractivity contribution in [3.8, 4) is 0 Å². The van der Waals surface area contributed by atoms with Crippen LogP contribution in [-0.2, 0) is 0 Å². The molecule has 0 aromatic heterocycles. The van der Waals surface area contributed by atoms with Gasteiger partial charge in [-0.25, -0.2) is 0 Å². The Bertz CT molecular complexity index is 252. The van der Waals surface area contributed by atoms with Gasteiger partial charge in [0, 0.05) is 0 Å². The van der Waals surface area contributed by atoms with Gasteiger partial charge in [0.25, 0.3) is 0 Å². The third-order valence-corrected chi connectivity index (χ3v) is 4.39. The van der Waals surface area contributed by atoms with Crippen LogP contribution in [0.5, 0.6) is 0 Å². The summed E-state index contributed by atoms with van der Waals surface area (Å²) >= 11 is 0. The van der Waals surface area contributed by atoms with Crippen molar-refractivity contribution in [2.24, 2.45) is 22.7 Å². The van der Waals surface area contributed by atoms with Gasteiger partial charge in [0.2, 0.25) is 0 Å². The van der Waals surface area contributed by atoms with E-state index in [1.165, 1.54) is 6.42 Å². The summed E-state index contributed by atoms with van der Waals surface area (Å²) in [6, 6.07) is 0. The van der Waals surface area contributed by atoms with E-state index in [0.29, 0.717) is 11.3 Å². The number of hydrogen-bond donors (Lipinski definition) is 1. The largest absolute Gasteiger partial charge is 0.393 e. The molecule has 0 amide bonds. The maximum atomic E-state index is 9.62. The predicted octanol–water partition coefficient (Wildman–Crippen LogP) is 2.61.